The van der Waals surface area contributed by atoms with Crippen LogP contribution in [0.15, 0.2) is 16.6 Å². The van der Waals surface area contributed by atoms with Crippen LogP contribution in [-0.4, -0.2) is 39.8 Å². The molecular weight excluding hydrogens is 372 g/mol. The minimum atomic E-state index is -0.106. The van der Waals surface area contributed by atoms with E-state index in [0.29, 0.717) is 34.0 Å². The lowest BCUT2D eigenvalue weighted by Crippen LogP contribution is -2.26. The molecule has 1 aliphatic rings. The summed E-state index contributed by atoms with van der Waals surface area (Å²) in [5.74, 6) is 1.73. The molecule has 5 nitrogen and oxygen atoms in total. The predicted molar refractivity (Wildman–Crippen MR) is 92.4 cm³/mol. The first-order chi connectivity index (χ1) is 10.2. The summed E-state index contributed by atoms with van der Waals surface area (Å²) in [5.41, 5.74) is 0.538. The Morgan fingerprint density at radius 3 is 2.50 bits per heavy atom. The number of carbonyl (C=O) groups is 1. The van der Waals surface area contributed by atoms with Crippen LogP contribution in [0, 0.1) is 5.92 Å². The molecule has 0 bridgehead atoms. The van der Waals surface area contributed by atoms with Crippen molar-refractivity contribution in [1.29, 1.82) is 0 Å². The number of ether oxygens (including phenoxy) is 2. The van der Waals surface area contributed by atoms with Gasteiger partial charge in [-0.2, -0.15) is 0 Å². The van der Waals surface area contributed by atoms with Crippen molar-refractivity contribution in [3.8, 4) is 11.5 Å². The van der Waals surface area contributed by atoms with Crippen LogP contribution in [0.2, 0.25) is 0 Å². The maximum atomic E-state index is 12.2. The van der Waals surface area contributed by atoms with E-state index in [0.717, 1.165) is 19.5 Å². The highest BCUT2D eigenvalue weighted by Crippen LogP contribution is 2.35. The van der Waals surface area contributed by atoms with Crippen LogP contribution in [-0.2, 0) is 0 Å². The molecule has 0 aliphatic carbocycles. The van der Waals surface area contributed by atoms with E-state index in [2.05, 4.69) is 26.6 Å². The van der Waals surface area contributed by atoms with Gasteiger partial charge in [0.25, 0.3) is 5.91 Å². The van der Waals surface area contributed by atoms with Crippen LogP contribution in [0.4, 0.5) is 0 Å². The molecule has 1 heterocycles. The van der Waals surface area contributed by atoms with Crippen molar-refractivity contribution in [2.24, 2.45) is 5.92 Å². The van der Waals surface area contributed by atoms with Crippen molar-refractivity contribution in [3.63, 3.8) is 0 Å². The maximum absolute atomic E-state index is 12.2. The molecule has 1 aliphatic heterocycles. The second kappa shape index (κ2) is 9.22. The fourth-order valence-corrected chi connectivity index (χ4v) is 3.01. The minimum absolute atomic E-state index is 0. The van der Waals surface area contributed by atoms with Crippen molar-refractivity contribution < 1.29 is 14.3 Å². The average molecular weight is 394 g/mol. The van der Waals surface area contributed by atoms with Crippen molar-refractivity contribution >= 4 is 34.2 Å². The molecular formula is C15H22BrClN2O3. The molecule has 124 valence electrons. The van der Waals surface area contributed by atoms with E-state index in [9.17, 15) is 4.79 Å². The average Bonchev–Trinajstić information content (AvgIpc) is 3.00. The molecule has 0 saturated carbocycles. The van der Waals surface area contributed by atoms with E-state index < -0.39 is 0 Å². The lowest BCUT2D eigenvalue weighted by atomic mass is 10.1. The fourth-order valence-electron chi connectivity index (χ4n) is 2.45. The molecule has 1 aromatic rings. The largest absolute Gasteiger partial charge is 0.495 e. The summed E-state index contributed by atoms with van der Waals surface area (Å²) in [5, 5.41) is 6.28. The molecule has 2 N–H and O–H groups in total. The zero-order valence-corrected chi connectivity index (χ0v) is 15.2. The quantitative estimate of drug-likeness (QED) is 0.780. The monoisotopic (exact) mass is 392 g/mol. The van der Waals surface area contributed by atoms with Gasteiger partial charge in [-0.3, -0.25) is 4.79 Å². The second-order valence-corrected chi connectivity index (χ2v) is 5.89. The molecule has 1 saturated heterocycles. The van der Waals surface area contributed by atoms with E-state index in [1.165, 1.54) is 6.42 Å². The van der Waals surface area contributed by atoms with Gasteiger partial charge in [-0.25, -0.2) is 0 Å². The number of halogens is 2. The molecule has 22 heavy (non-hydrogen) atoms. The Morgan fingerprint density at radius 1 is 1.36 bits per heavy atom. The predicted octanol–water partition coefficient (Wildman–Crippen LogP) is 2.62. The number of carbonyl (C=O) groups excluding carboxylic acids is 1. The molecule has 1 aromatic carbocycles. The molecule has 1 unspecified atom stereocenters. The van der Waals surface area contributed by atoms with Crippen LogP contribution in [0.25, 0.3) is 0 Å². The van der Waals surface area contributed by atoms with Gasteiger partial charge < -0.3 is 20.1 Å². The van der Waals surface area contributed by atoms with Crippen molar-refractivity contribution in [1.82, 2.24) is 10.6 Å². The number of hydrogen-bond donors (Lipinski definition) is 2. The summed E-state index contributed by atoms with van der Waals surface area (Å²) in [4.78, 5) is 12.2. The number of benzene rings is 1. The van der Waals surface area contributed by atoms with E-state index in [1.807, 2.05) is 0 Å². The van der Waals surface area contributed by atoms with Crippen molar-refractivity contribution in [2.75, 3.05) is 33.9 Å². The Bertz CT molecular complexity index is 483. The zero-order chi connectivity index (χ0) is 15.2. The highest BCUT2D eigenvalue weighted by molar-refractivity contribution is 9.10. The van der Waals surface area contributed by atoms with E-state index >= 15 is 0 Å². The molecule has 0 spiro atoms. The summed E-state index contributed by atoms with van der Waals surface area (Å²) < 4.78 is 11.2. The third-order valence-corrected chi connectivity index (χ3v) is 4.49. The number of methoxy groups -OCH3 is 2. The summed E-state index contributed by atoms with van der Waals surface area (Å²) in [7, 11) is 3.13. The zero-order valence-electron chi connectivity index (χ0n) is 12.8. The SMILES string of the molecule is COc1cc(C(=O)NCCC2CCNC2)cc(OC)c1Br.Cl. The van der Waals surface area contributed by atoms with E-state index in [1.54, 1.807) is 26.4 Å². The Hall–Kier alpha value is -0.980. The van der Waals surface area contributed by atoms with Gasteiger partial charge in [0.1, 0.15) is 16.0 Å². The first-order valence-corrected chi connectivity index (χ1v) is 7.85. The van der Waals surface area contributed by atoms with Crippen LogP contribution in [0.1, 0.15) is 23.2 Å². The van der Waals surface area contributed by atoms with Gasteiger partial charge in [-0.1, -0.05) is 0 Å². The number of amides is 1. The smallest absolute Gasteiger partial charge is 0.251 e. The number of hydrogen-bond acceptors (Lipinski definition) is 4. The standard InChI is InChI=1S/C15H21BrN2O3.ClH/c1-20-12-7-11(8-13(21-2)14(12)16)15(19)18-6-4-10-3-5-17-9-10;/h7-8,10,17H,3-6,9H2,1-2H3,(H,18,19);1H. The Kier molecular flexibility index (Phi) is 8.00. The van der Waals surface area contributed by atoms with Crippen LogP contribution < -0.4 is 20.1 Å². The van der Waals surface area contributed by atoms with Gasteiger partial charge in [-0.05, 0) is 59.9 Å². The topological polar surface area (TPSA) is 59.6 Å². The number of rotatable bonds is 6. The summed E-state index contributed by atoms with van der Waals surface area (Å²) in [6, 6.07) is 3.41. The molecule has 0 radical (unpaired) electrons. The Balaban J connectivity index is 0.00000242. The second-order valence-electron chi connectivity index (χ2n) is 5.10. The first kappa shape index (κ1) is 19.1. The van der Waals surface area contributed by atoms with Gasteiger partial charge in [0.05, 0.1) is 14.2 Å². The molecule has 1 fully saturated rings. The number of nitrogens with one attached hydrogen (secondary N) is 2. The van der Waals surface area contributed by atoms with Gasteiger partial charge in [0.15, 0.2) is 0 Å². The van der Waals surface area contributed by atoms with E-state index in [-0.39, 0.29) is 18.3 Å². The Labute approximate surface area is 145 Å². The molecule has 1 atom stereocenters. The Morgan fingerprint density at radius 2 is 2.00 bits per heavy atom. The lowest BCUT2D eigenvalue weighted by Gasteiger charge is -2.12. The first-order valence-electron chi connectivity index (χ1n) is 7.06. The molecule has 7 heteroatoms. The molecule has 2 rings (SSSR count). The molecule has 1 amide bonds. The van der Waals surface area contributed by atoms with Gasteiger partial charge >= 0.3 is 0 Å². The van der Waals surface area contributed by atoms with Gasteiger partial charge in [0.2, 0.25) is 0 Å². The third kappa shape index (κ3) is 4.76. The summed E-state index contributed by atoms with van der Waals surface area (Å²) in [6.07, 6.45) is 2.19. The third-order valence-electron chi connectivity index (χ3n) is 3.71. The maximum Gasteiger partial charge on any atom is 0.251 e. The fraction of sp³-hybridized carbons (Fsp3) is 0.533. The summed E-state index contributed by atoms with van der Waals surface area (Å²) in [6.45, 7) is 2.82. The van der Waals surface area contributed by atoms with Crippen LogP contribution in [0.5, 0.6) is 11.5 Å². The van der Waals surface area contributed by atoms with Gasteiger partial charge in [0, 0.05) is 12.1 Å². The van der Waals surface area contributed by atoms with Crippen LogP contribution in [0.3, 0.4) is 0 Å². The van der Waals surface area contributed by atoms with Gasteiger partial charge in [-0.15, -0.1) is 12.4 Å². The summed E-state index contributed by atoms with van der Waals surface area (Å²) >= 11 is 3.39. The van der Waals surface area contributed by atoms with Crippen molar-refractivity contribution in [3.05, 3.63) is 22.2 Å². The van der Waals surface area contributed by atoms with E-state index in [4.69, 9.17) is 9.47 Å². The van der Waals surface area contributed by atoms with Crippen molar-refractivity contribution in [2.45, 2.75) is 12.8 Å². The normalized spacial score (nSPS) is 16.8. The lowest BCUT2D eigenvalue weighted by molar-refractivity contribution is 0.0951. The highest BCUT2D eigenvalue weighted by atomic mass is 79.9. The minimum Gasteiger partial charge on any atom is -0.495 e. The molecule has 0 aromatic heterocycles. The van der Waals surface area contributed by atoms with Crippen LogP contribution >= 0.6 is 28.3 Å². The highest BCUT2D eigenvalue weighted by Gasteiger charge is 2.16.